The van der Waals surface area contributed by atoms with Crippen LogP contribution in [0.3, 0.4) is 0 Å². The number of aromatic nitrogens is 4. The molecule has 0 aliphatic carbocycles. The third kappa shape index (κ3) is 3.20. The van der Waals surface area contributed by atoms with Gasteiger partial charge in [0.2, 0.25) is 5.91 Å². The maximum Gasteiger partial charge on any atom is 0.332 e. The average molecular weight is 321 g/mol. The van der Waals surface area contributed by atoms with Gasteiger partial charge in [-0.3, -0.25) is 18.7 Å². The monoisotopic (exact) mass is 321 g/mol. The number of carbonyl (C=O) groups is 1. The van der Waals surface area contributed by atoms with Gasteiger partial charge in [-0.05, 0) is 12.8 Å². The molecule has 2 rings (SSSR count). The zero-order valence-corrected chi connectivity index (χ0v) is 14.2. The Morgan fingerprint density at radius 3 is 2.48 bits per heavy atom. The molecule has 2 aromatic heterocycles. The molecule has 0 saturated heterocycles. The van der Waals surface area contributed by atoms with Gasteiger partial charge in [-0.15, -0.1) is 0 Å². The van der Waals surface area contributed by atoms with Crippen LogP contribution in [0.15, 0.2) is 15.9 Å². The predicted molar refractivity (Wildman–Crippen MR) is 87.3 cm³/mol. The lowest BCUT2D eigenvalue weighted by molar-refractivity contribution is -0.122. The summed E-state index contributed by atoms with van der Waals surface area (Å²) in [4.78, 5) is 40.3. The molecular weight excluding hydrogens is 298 g/mol. The Morgan fingerprint density at radius 2 is 1.87 bits per heavy atom. The maximum absolute atomic E-state index is 12.3. The molecule has 2 heterocycles. The summed E-state index contributed by atoms with van der Waals surface area (Å²) in [5.74, 6) is 0.282. The van der Waals surface area contributed by atoms with E-state index in [1.807, 2.05) is 20.8 Å². The summed E-state index contributed by atoms with van der Waals surface area (Å²) < 4.78 is 3.99. The lowest BCUT2D eigenvalue weighted by atomic mass is 10.1. The standard InChI is InChI=1S/C15H23N5O3/c1-9(2)10(3)17-11(21)6-7-20-8-16-13-12(20)14(22)19(5)15(23)18(13)4/h8-10H,6-7H2,1-5H3,(H,17,21). The normalized spacial score (nSPS) is 12.8. The quantitative estimate of drug-likeness (QED) is 0.838. The molecule has 1 amide bonds. The fourth-order valence-corrected chi connectivity index (χ4v) is 2.28. The SMILES string of the molecule is CC(C)C(C)NC(=O)CCn1cnc2c1c(=O)n(C)c(=O)n2C. The van der Waals surface area contributed by atoms with E-state index in [1.165, 1.54) is 17.9 Å². The summed E-state index contributed by atoms with van der Waals surface area (Å²) >= 11 is 0. The Morgan fingerprint density at radius 1 is 1.22 bits per heavy atom. The summed E-state index contributed by atoms with van der Waals surface area (Å²) in [5, 5.41) is 2.93. The average Bonchev–Trinajstić information content (AvgIpc) is 2.92. The summed E-state index contributed by atoms with van der Waals surface area (Å²) in [5.41, 5.74) is -0.166. The zero-order valence-electron chi connectivity index (χ0n) is 14.2. The molecule has 0 radical (unpaired) electrons. The van der Waals surface area contributed by atoms with Crippen molar-refractivity contribution in [2.45, 2.75) is 39.8 Å². The molecule has 0 aromatic carbocycles. The highest BCUT2D eigenvalue weighted by Gasteiger charge is 2.15. The Bertz CT molecular complexity index is 843. The van der Waals surface area contributed by atoms with E-state index in [1.54, 1.807) is 11.6 Å². The number of nitrogens with one attached hydrogen (secondary N) is 1. The minimum atomic E-state index is -0.420. The third-order valence-corrected chi connectivity index (χ3v) is 4.19. The van der Waals surface area contributed by atoms with Gasteiger partial charge in [-0.2, -0.15) is 0 Å². The topological polar surface area (TPSA) is 90.9 Å². The van der Waals surface area contributed by atoms with Crippen LogP contribution in [0, 0.1) is 5.92 Å². The molecule has 1 atom stereocenters. The molecule has 8 heteroatoms. The molecule has 23 heavy (non-hydrogen) atoms. The van der Waals surface area contributed by atoms with E-state index < -0.39 is 11.2 Å². The summed E-state index contributed by atoms with van der Waals surface area (Å²) in [6.07, 6.45) is 1.74. The van der Waals surface area contributed by atoms with Gasteiger partial charge in [-0.1, -0.05) is 13.8 Å². The van der Waals surface area contributed by atoms with E-state index in [9.17, 15) is 14.4 Å². The van der Waals surface area contributed by atoms with Crippen LogP contribution in [0.25, 0.3) is 11.2 Å². The summed E-state index contributed by atoms with van der Waals surface area (Å²) in [6.45, 7) is 6.37. The van der Waals surface area contributed by atoms with Gasteiger partial charge in [0.25, 0.3) is 5.56 Å². The van der Waals surface area contributed by atoms with E-state index in [2.05, 4.69) is 10.3 Å². The van der Waals surface area contributed by atoms with Gasteiger partial charge in [0.15, 0.2) is 11.2 Å². The van der Waals surface area contributed by atoms with Crippen molar-refractivity contribution in [1.29, 1.82) is 0 Å². The Labute approximate surface area is 133 Å². The molecule has 1 N–H and O–H groups in total. The number of carbonyl (C=O) groups excluding carboxylic acids is 1. The maximum atomic E-state index is 12.3. The van der Waals surface area contributed by atoms with Crippen LogP contribution in [0.1, 0.15) is 27.2 Å². The molecular formula is C15H23N5O3. The van der Waals surface area contributed by atoms with Crippen molar-refractivity contribution >= 4 is 17.1 Å². The number of nitrogens with zero attached hydrogens (tertiary/aromatic N) is 4. The predicted octanol–water partition coefficient (Wildman–Crippen LogP) is -0.0155. The number of aryl methyl sites for hydroxylation is 2. The molecule has 0 aliphatic heterocycles. The Hall–Kier alpha value is -2.38. The Kier molecular flexibility index (Phi) is 4.72. The zero-order chi connectivity index (χ0) is 17.3. The number of hydrogen-bond donors (Lipinski definition) is 1. The molecule has 0 fully saturated rings. The number of rotatable bonds is 5. The number of amides is 1. The third-order valence-electron chi connectivity index (χ3n) is 4.19. The molecule has 8 nitrogen and oxygen atoms in total. The molecule has 1 unspecified atom stereocenters. The van der Waals surface area contributed by atoms with Crippen molar-refractivity contribution in [2.24, 2.45) is 20.0 Å². The van der Waals surface area contributed by atoms with Crippen LogP contribution in [-0.4, -0.2) is 30.6 Å². The first kappa shape index (κ1) is 17.0. The number of imidazole rings is 1. The molecule has 0 saturated carbocycles. The van der Waals surface area contributed by atoms with Crippen LogP contribution in [0.4, 0.5) is 0 Å². The second-order valence-electron chi connectivity index (χ2n) is 6.17. The van der Waals surface area contributed by atoms with E-state index in [0.717, 1.165) is 4.57 Å². The lowest BCUT2D eigenvalue weighted by Gasteiger charge is -2.17. The fraction of sp³-hybridized carbons (Fsp3) is 0.600. The smallest absolute Gasteiger partial charge is 0.332 e. The van der Waals surface area contributed by atoms with Gasteiger partial charge >= 0.3 is 5.69 Å². The Balaban J connectivity index is 2.24. The first-order valence-corrected chi connectivity index (χ1v) is 7.64. The van der Waals surface area contributed by atoms with Crippen molar-refractivity contribution in [2.75, 3.05) is 0 Å². The highest BCUT2D eigenvalue weighted by Crippen LogP contribution is 2.07. The van der Waals surface area contributed by atoms with Crippen molar-refractivity contribution in [1.82, 2.24) is 24.0 Å². The lowest BCUT2D eigenvalue weighted by Crippen LogP contribution is -2.38. The van der Waals surface area contributed by atoms with E-state index >= 15 is 0 Å². The molecule has 0 aliphatic rings. The van der Waals surface area contributed by atoms with E-state index in [4.69, 9.17) is 0 Å². The summed E-state index contributed by atoms with van der Waals surface area (Å²) in [7, 11) is 3.00. The van der Waals surface area contributed by atoms with Crippen molar-refractivity contribution in [3.63, 3.8) is 0 Å². The van der Waals surface area contributed by atoms with E-state index in [-0.39, 0.29) is 18.4 Å². The first-order chi connectivity index (χ1) is 10.7. The highest BCUT2D eigenvalue weighted by molar-refractivity contribution is 5.76. The van der Waals surface area contributed by atoms with Gasteiger partial charge in [-0.25, -0.2) is 9.78 Å². The van der Waals surface area contributed by atoms with Crippen LogP contribution in [0.5, 0.6) is 0 Å². The van der Waals surface area contributed by atoms with Gasteiger partial charge in [0, 0.05) is 33.1 Å². The fourth-order valence-electron chi connectivity index (χ4n) is 2.28. The van der Waals surface area contributed by atoms with E-state index in [0.29, 0.717) is 23.6 Å². The number of fused-ring (bicyclic) bond motifs is 1. The van der Waals surface area contributed by atoms with Crippen LogP contribution in [-0.2, 0) is 25.4 Å². The second kappa shape index (κ2) is 6.39. The second-order valence-corrected chi connectivity index (χ2v) is 6.17. The van der Waals surface area contributed by atoms with Crippen molar-refractivity contribution in [3.8, 4) is 0 Å². The molecule has 0 spiro atoms. The van der Waals surface area contributed by atoms with Crippen LogP contribution >= 0.6 is 0 Å². The van der Waals surface area contributed by atoms with Crippen molar-refractivity contribution in [3.05, 3.63) is 27.2 Å². The highest BCUT2D eigenvalue weighted by atomic mass is 16.2. The van der Waals surface area contributed by atoms with Gasteiger partial charge < -0.3 is 9.88 Å². The number of hydrogen-bond acceptors (Lipinski definition) is 4. The minimum Gasteiger partial charge on any atom is -0.353 e. The molecule has 2 aromatic rings. The van der Waals surface area contributed by atoms with Crippen LogP contribution < -0.4 is 16.6 Å². The molecule has 0 bridgehead atoms. The van der Waals surface area contributed by atoms with Crippen molar-refractivity contribution < 1.29 is 4.79 Å². The minimum absolute atomic E-state index is 0.0744. The van der Waals surface area contributed by atoms with Gasteiger partial charge in [0.05, 0.1) is 6.33 Å². The molecule has 126 valence electrons. The largest absolute Gasteiger partial charge is 0.353 e. The van der Waals surface area contributed by atoms with Gasteiger partial charge in [0.1, 0.15) is 0 Å². The first-order valence-electron chi connectivity index (χ1n) is 7.64. The summed E-state index contributed by atoms with van der Waals surface area (Å²) in [6, 6.07) is 0.0933. The van der Waals surface area contributed by atoms with Crippen LogP contribution in [0.2, 0.25) is 0 Å².